The van der Waals surface area contributed by atoms with E-state index in [1.54, 1.807) is 0 Å². The Labute approximate surface area is 112 Å². The molecule has 1 nitrogen and oxygen atoms in total. The molecule has 0 bridgehead atoms. The fourth-order valence-electron chi connectivity index (χ4n) is 3.55. The number of likely N-dealkylation sites (N-methyl/N-ethyl adjacent to an activating group) is 1. The van der Waals surface area contributed by atoms with Crippen LogP contribution in [0.1, 0.15) is 46.1 Å². The van der Waals surface area contributed by atoms with Crippen LogP contribution < -0.4 is 0 Å². The van der Waals surface area contributed by atoms with Crippen molar-refractivity contribution in [3.8, 4) is 0 Å². The van der Waals surface area contributed by atoms with Crippen LogP contribution in [-0.4, -0.2) is 24.5 Å². The standard InChI is InChI=1S/C17H27N/c1-16(2,3)17(4,14-10-7-6-8-11-14)15-12-9-13-18(15)5/h6-8,10-11,15H,9,12-13H2,1-5H3/t15-,17+/m0/s1. The van der Waals surface area contributed by atoms with Gasteiger partial charge in [-0.15, -0.1) is 0 Å². The van der Waals surface area contributed by atoms with Crippen molar-refractivity contribution in [3.05, 3.63) is 35.9 Å². The Hall–Kier alpha value is -0.820. The first-order chi connectivity index (χ1) is 8.37. The summed E-state index contributed by atoms with van der Waals surface area (Å²) in [4.78, 5) is 2.55. The van der Waals surface area contributed by atoms with E-state index in [1.165, 1.54) is 24.9 Å². The maximum absolute atomic E-state index is 2.55. The highest BCUT2D eigenvalue weighted by Gasteiger charge is 2.47. The van der Waals surface area contributed by atoms with Crippen LogP contribution in [0.3, 0.4) is 0 Å². The third-order valence-corrected chi connectivity index (χ3v) is 5.12. The molecule has 100 valence electrons. The lowest BCUT2D eigenvalue weighted by Crippen LogP contribution is -2.51. The predicted octanol–water partition coefficient (Wildman–Crippen LogP) is 4.08. The highest BCUT2D eigenvalue weighted by molar-refractivity contribution is 5.30. The molecule has 0 N–H and O–H groups in total. The fraction of sp³-hybridized carbons (Fsp3) is 0.647. The van der Waals surface area contributed by atoms with Crippen LogP contribution in [0.2, 0.25) is 0 Å². The van der Waals surface area contributed by atoms with Gasteiger partial charge in [-0.05, 0) is 37.4 Å². The van der Waals surface area contributed by atoms with Crippen LogP contribution in [0, 0.1) is 5.41 Å². The largest absolute Gasteiger partial charge is 0.303 e. The molecule has 0 spiro atoms. The van der Waals surface area contributed by atoms with Gasteiger partial charge in [-0.3, -0.25) is 0 Å². The van der Waals surface area contributed by atoms with Crippen LogP contribution in [0.4, 0.5) is 0 Å². The molecule has 0 radical (unpaired) electrons. The smallest absolute Gasteiger partial charge is 0.0192 e. The van der Waals surface area contributed by atoms with Gasteiger partial charge in [0.15, 0.2) is 0 Å². The van der Waals surface area contributed by atoms with E-state index in [9.17, 15) is 0 Å². The van der Waals surface area contributed by atoms with Gasteiger partial charge < -0.3 is 4.90 Å². The minimum atomic E-state index is 0.208. The summed E-state index contributed by atoms with van der Waals surface area (Å²) in [6.45, 7) is 10.8. The van der Waals surface area contributed by atoms with E-state index < -0.39 is 0 Å². The molecule has 0 aliphatic carbocycles. The van der Waals surface area contributed by atoms with E-state index in [-0.39, 0.29) is 10.8 Å². The second kappa shape index (κ2) is 4.70. The van der Waals surface area contributed by atoms with Crippen molar-refractivity contribution >= 4 is 0 Å². The highest BCUT2D eigenvalue weighted by Crippen LogP contribution is 2.48. The van der Waals surface area contributed by atoms with Crippen LogP contribution >= 0.6 is 0 Å². The number of nitrogens with zero attached hydrogens (tertiary/aromatic N) is 1. The molecule has 0 saturated carbocycles. The van der Waals surface area contributed by atoms with E-state index in [0.717, 1.165) is 0 Å². The van der Waals surface area contributed by atoms with E-state index in [0.29, 0.717) is 6.04 Å². The van der Waals surface area contributed by atoms with Crippen molar-refractivity contribution in [1.82, 2.24) is 4.90 Å². The summed E-state index contributed by atoms with van der Waals surface area (Å²) in [5.74, 6) is 0. The Morgan fingerprint density at radius 2 is 1.67 bits per heavy atom. The summed E-state index contributed by atoms with van der Waals surface area (Å²) in [5.41, 5.74) is 1.95. The quantitative estimate of drug-likeness (QED) is 0.758. The van der Waals surface area contributed by atoms with E-state index in [4.69, 9.17) is 0 Å². The molecule has 1 fully saturated rings. The highest BCUT2D eigenvalue weighted by atomic mass is 15.2. The average Bonchev–Trinajstić information content (AvgIpc) is 2.74. The van der Waals surface area contributed by atoms with Crippen molar-refractivity contribution in [2.45, 2.75) is 52.0 Å². The molecule has 0 unspecified atom stereocenters. The Kier molecular flexibility index (Phi) is 3.55. The van der Waals surface area contributed by atoms with E-state index in [2.05, 4.69) is 70.0 Å². The number of benzene rings is 1. The van der Waals surface area contributed by atoms with Gasteiger partial charge in [-0.2, -0.15) is 0 Å². The molecule has 1 heterocycles. The molecule has 0 aromatic heterocycles. The van der Waals surface area contributed by atoms with E-state index in [1.807, 2.05) is 0 Å². The third kappa shape index (κ3) is 2.09. The molecule has 1 saturated heterocycles. The third-order valence-electron chi connectivity index (χ3n) is 5.12. The van der Waals surface area contributed by atoms with Gasteiger partial charge in [0.05, 0.1) is 0 Å². The minimum Gasteiger partial charge on any atom is -0.303 e. The zero-order chi connectivity index (χ0) is 13.4. The van der Waals surface area contributed by atoms with Gasteiger partial charge in [0.1, 0.15) is 0 Å². The molecular formula is C17H27N. The molecule has 1 aromatic carbocycles. The van der Waals surface area contributed by atoms with Gasteiger partial charge >= 0.3 is 0 Å². The summed E-state index contributed by atoms with van der Waals surface area (Å²) in [5, 5.41) is 0. The second-order valence-corrected chi connectivity index (χ2v) is 6.96. The van der Waals surface area contributed by atoms with Crippen molar-refractivity contribution in [3.63, 3.8) is 0 Å². The van der Waals surface area contributed by atoms with Gasteiger partial charge in [0.2, 0.25) is 0 Å². The van der Waals surface area contributed by atoms with E-state index >= 15 is 0 Å². The lowest BCUT2D eigenvalue weighted by atomic mass is 9.59. The molecule has 1 aromatic rings. The molecule has 0 amide bonds. The summed E-state index contributed by atoms with van der Waals surface area (Å²) in [7, 11) is 2.28. The van der Waals surface area contributed by atoms with Gasteiger partial charge in [-0.1, -0.05) is 58.0 Å². The SMILES string of the molecule is CN1CCC[C@H]1[C@@](C)(c1ccccc1)C(C)(C)C. The van der Waals surface area contributed by atoms with Crippen molar-refractivity contribution in [2.75, 3.05) is 13.6 Å². The summed E-state index contributed by atoms with van der Waals surface area (Å²) < 4.78 is 0. The molecule has 2 rings (SSSR count). The first-order valence-corrected chi connectivity index (χ1v) is 7.13. The Morgan fingerprint density at radius 1 is 1.06 bits per heavy atom. The van der Waals surface area contributed by atoms with Crippen molar-refractivity contribution < 1.29 is 0 Å². The number of hydrogen-bond acceptors (Lipinski definition) is 1. The van der Waals surface area contributed by atoms with Gasteiger partial charge in [0.25, 0.3) is 0 Å². The maximum atomic E-state index is 2.55. The topological polar surface area (TPSA) is 3.24 Å². The fourth-order valence-corrected chi connectivity index (χ4v) is 3.55. The number of likely N-dealkylation sites (tertiary alicyclic amines) is 1. The summed E-state index contributed by atoms with van der Waals surface area (Å²) in [6, 6.07) is 11.7. The zero-order valence-corrected chi connectivity index (χ0v) is 12.5. The van der Waals surface area contributed by atoms with Gasteiger partial charge in [-0.25, -0.2) is 0 Å². The van der Waals surface area contributed by atoms with Crippen LogP contribution in [-0.2, 0) is 5.41 Å². The Morgan fingerprint density at radius 3 is 2.11 bits per heavy atom. The number of rotatable bonds is 2. The van der Waals surface area contributed by atoms with Crippen LogP contribution in [0.5, 0.6) is 0 Å². The lowest BCUT2D eigenvalue weighted by Gasteiger charge is -2.49. The molecule has 1 aliphatic heterocycles. The first kappa shape index (κ1) is 13.6. The van der Waals surface area contributed by atoms with Crippen molar-refractivity contribution in [1.29, 1.82) is 0 Å². The average molecular weight is 245 g/mol. The monoisotopic (exact) mass is 245 g/mol. The first-order valence-electron chi connectivity index (χ1n) is 7.13. The minimum absolute atomic E-state index is 0.208. The van der Waals surface area contributed by atoms with Crippen molar-refractivity contribution in [2.24, 2.45) is 5.41 Å². The number of hydrogen-bond donors (Lipinski definition) is 0. The predicted molar refractivity (Wildman–Crippen MR) is 78.9 cm³/mol. The molecule has 1 heteroatoms. The molecule has 18 heavy (non-hydrogen) atoms. The molecule has 1 aliphatic rings. The Bertz CT molecular complexity index is 390. The lowest BCUT2D eigenvalue weighted by molar-refractivity contribution is 0.0936. The Balaban J connectivity index is 2.48. The van der Waals surface area contributed by atoms with Gasteiger partial charge in [0, 0.05) is 11.5 Å². The molecular weight excluding hydrogens is 218 g/mol. The summed E-state index contributed by atoms with van der Waals surface area (Å²) >= 11 is 0. The maximum Gasteiger partial charge on any atom is 0.0192 e. The molecule has 2 atom stereocenters. The van der Waals surface area contributed by atoms with Crippen LogP contribution in [0.25, 0.3) is 0 Å². The summed E-state index contributed by atoms with van der Waals surface area (Å²) in [6.07, 6.45) is 2.65. The van der Waals surface area contributed by atoms with Crippen LogP contribution in [0.15, 0.2) is 30.3 Å². The second-order valence-electron chi connectivity index (χ2n) is 6.96. The normalized spacial score (nSPS) is 25.1. The zero-order valence-electron chi connectivity index (χ0n) is 12.5.